The summed E-state index contributed by atoms with van der Waals surface area (Å²) >= 11 is 3.19. The third kappa shape index (κ3) is 2.50. The summed E-state index contributed by atoms with van der Waals surface area (Å²) in [6.07, 6.45) is -1.40. The Kier molecular flexibility index (Phi) is 3.34. The summed E-state index contributed by atoms with van der Waals surface area (Å²) in [6, 6.07) is 3.78. The molecule has 1 aromatic carbocycles. The van der Waals surface area contributed by atoms with Gasteiger partial charge in [0.05, 0.1) is 29.0 Å². The van der Waals surface area contributed by atoms with Crippen LogP contribution in [0.2, 0.25) is 0 Å². The molecule has 3 nitrogen and oxygen atoms in total. The highest BCUT2D eigenvalue weighted by atomic mass is 79.9. The molecule has 0 radical (unpaired) electrons. The lowest BCUT2D eigenvalue weighted by Crippen LogP contribution is -2.09. The zero-order valence-electron chi connectivity index (χ0n) is 9.20. The van der Waals surface area contributed by atoms with Crippen molar-refractivity contribution in [2.45, 2.75) is 6.18 Å². The molecule has 96 valence electrons. The van der Waals surface area contributed by atoms with Crippen LogP contribution in [0.1, 0.15) is 5.56 Å². The number of methoxy groups -OCH3 is 1. The maximum atomic E-state index is 12.8. The standard InChI is InChI=1S/C11H8BrF3N2O/c1-18-10-3-2-8(4-9(10)11(13,14)15)17-6-7(12)5-16-17/h2-6H,1H3. The molecule has 7 heteroatoms. The first-order valence-electron chi connectivity index (χ1n) is 4.87. The summed E-state index contributed by atoms with van der Waals surface area (Å²) in [7, 11) is 1.20. The average Bonchev–Trinajstić information content (AvgIpc) is 2.74. The molecule has 0 atom stereocenters. The van der Waals surface area contributed by atoms with Crippen molar-refractivity contribution in [3.63, 3.8) is 0 Å². The quantitative estimate of drug-likeness (QED) is 0.844. The van der Waals surface area contributed by atoms with Gasteiger partial charge in [-0.2, -0.15) is 18.3 Å². The van der Waals surface area contributed by atoms with Crippen molar-refractivity contribution in [1.82, 2.24) is 9.78 Å². The molecule has 0 saturated carbocycles. The fraction of sp³-hybridized carbons (Fsp3) is 0.182. The van der Waals surface area contributed by atoms with Gasteiger partial charge in [0.15, 0.2) is 0 Å². The molecule has 0 spiro atoms. The van der Waals surface area contributed by atoms with Gasteiger partial charge in [-0.3, -0.25) is 0 Å². The molecular formula is C11H8BrF3N2O. The first kappa shape index (κ1) is 12.9. The monoisotopic (exact) mass is 320 g/mol. The number of aromatic nitrogens is 2. The SMILES string of the molecule is COc1ccc(-n2cc(Br)cn2)cc1C(F)(F)F. The van der Waals surface area contributed by atoms with Crippen LogP contribution in [0.5, 0.6) is 5.75 Å². The normalized spacial score (nSPS) is 11.6. The van der Waals surface area contributed by atoms with Crippen LogP contribution in [-0.2, 0) is 6.18 Å². The molecule has 0 aliphatic carbocycles. The molecular weight excluding hydrogens is 313 g/mol. The van der Waals surface area contributed by atoms with Crippen molar-refractivity contribution in [3.05, 3.63) is 40.6 Å². The highest BCUT2D eigenvalue weighted by Crippen LogP contribution is 2.37. The molecule has 2 aromatic rings. The zero-order chi connectivity index (χ0) is 13.3. The molecule has 0 fully saturated rings. The first-order chi connectivity index (χ1) is 8.41. The van der Waals surface area contributed by atoms with Gasteiger partial charge >= 0.3 is 6.18 Å². The van der Waals surface area contributed by atoms with Gasteiger partial charge in [0, 0.05) is 6.20 Å². The Morgan fingerprint density at radius 2 is 2.06 bits per heavy atom. The molecule has 0 N–H and O–H groups in total. The Labute approximate surface area is 109 Å². The van der Waals surface area contributed by atoms with Gasteiger partial charge in [-0.15, -0.1) is 0 Å². The Morgan fingerprint density at radius 1 is 1.33 bits per heavy atom. The molecule has 0 aliphatic heterocycles. The number of halogens is 4. The third-order valence-electron chi connectivity index (χ3n) is 2.30. The van der Waals surface area contributed by atoms with E-state index in [0.717, 1.165) is 6.07 Å². The topological polar surface area (TPSA) is 27.1 Å². The molecule has 2 rings (SSSR count). The van der Waals surface area contributed by atoms with E-state index in [4.69, 9.17) is 4.74 Å². The highest BCUT2D eigenvalue weighted by molar-refractivity contribution is 9.10. The molecule has 0 unspecified atom stereocenters. The van der Waals surface area contributed by atoms with E-state index in [0.29, 0.717) is 10.2 Å². The van der Waals surface area contributed by atoms with Gasteiger partial charge in [0.25, 0.3) is 0 Å². The number of nitrogens with zero attached hydrogens (tertiary/aromatic N) is 2. The van der Waals surface area contributed by atoms with Crippen molar-refractivity contribution in [1.29, 1.82) is 0 Å². The number of ether oxygens (including phenoxy) is 1. The van der Waals surface area contributed by atoms with Crippen LogP contribution in [0.25, 0.3) is 5.69 Å². The van der Waals surface area contributed by atoms with E-state index >= 15 is 0 Å². The number of alkyl halides is 3. The summed E-state index contributed by atoms with van der Waals surface area (Å²) in [4.78, 5) is 0. The molecule has 0 aliphatic rings. The molecule has 0 amide bonds. The van der Waals surface area contributed by atoms with E-state index in [1.165, 1.54) is 30.1 Å². The predicted octanol–water partition coefficient (Wildman–Crippen LogP) is 3.66. The largest absolute Gasteiger partial charge is 0.496 e. The van der Waals surface area contributed by atoms with Gasteiger partial charge in [-0.05, 0) is 34.1 Å². The number of hydrogen-bond donors (Lipinski definition) is 0. The summed E-state index contributed by atoms with van der Waals surface area (Å²) in [5, 5.41) is 3.93. The maximum absolute atomic E-state index is 12.8. The smallest absolute Gasteiger partial charge is 0.420 e. The molecule has 1 heterocycles. The lowest BCUT2D eigenvalue weighted by Gasteiger charge is -2.13. The van der Waals surface area contributed by atoms with Gasteiger partial charge in [-0.1, -0.05) is 0 Å². The van der Waals surface area contributed by atoms with E-state index in [1.807, 2.05) is 0 Å². The van der Waals surface area contributed by atoms with E-state index in [-0.39, 0.29) is 5.75 Å². The van der Waals surface area contributed by atoms with Crippen molar-refractivity contribution in [2.75, 3.05) is 7.11 Å². The van der Waals surface area contributed by atoms with E-state index < -0.39 is 11.7 Å². The van der Waals surface area contributed by atoms with E-state index in [2.05, 4.69) is 21.0 Å². The molecule has 0 bridgehead atoms. The van der Waals surface area contributed by atoms with Crippen LogP contribution in [-0.4, -0.2) is 16.9 Å². The van der Waals surface area contributed by atoms with Crippen molar-refractivity contribution in [3.8, 4) is 11.4 Å². The zero-order valence-corrected chi connectivity index (χ0v) is 10.8. The van der Waals surface area contributed by atoms with Crippen molar-refractivity contribution in [2.24, 2.45) is 0 Å². The maximum Gasteiger partial charge on any atom is 0.420 e. The Hall–Kier alpha value is -1.50. The molecule has 1 aromatic heterocycles. The Morgan fingerprint density at radius 3 is 2.56 bits per heavy atom. The lowest BCUT2D eigenvalue weighted by atomic mass is 10.1. The summed E-state index contributed by atoms with van der Waals surface area (Å²) < 4.78 is 45.2. The summed E-state index contributed by atoms with van der Waals surface area (Å²) in [6.45, 7) is 0. The second kappa shape index (κ2) is 4.64. The molecule has 18 heavy (non-hydrogen) atoms. The summed E-state index contributed by atoms with van der Waals surface area (Å²) in [5.41, 5.74) is -0.511. The number of benzene rings is 1. The first-order valence-corrected chi connectivity index (χ1v) is 5.67. The Bertz CT molecular complexity index is 566. The van der Waals surface area contributed by atoms with Crippen LogP contribution < -0.4 is 4.74 Å². The number of hydrogen-bond acceptors (Lipinski definition) is 2. The summed E-state index contributed by atoms with van der Waals surface area (Å²) in [5.74, 6) is -0.211. The Balaban J connectivity index is 2.52. The van der Waals surface area contributed by atoms with Gasteiger partial charge in [-0.25, -0.2) is 4.68 Å². The van der Waals surface area contributed by atoms with Crippen LogP contribution >= 0.6 is 15.9 Å². The van der Waals surface area contributed by atoms with Crippen molar-refractivity contribution < 1.29 is 17.9 Å². The fourth-order valence-electron chi connectivity index (χ4n) is 1.50. The minimum absolute atomic E-state index is 0.211. The minimum atomic E-state index is -4.47. The van der Waals surface area contributed by atoms with Crippen LogP contribution in [0.15, 0.2) is 35.1 Å². The third-order valence-corrected chi connectivity index (χ3v) is 2.71. The lowest BCUT2D eigenvalue weighted by molar-refractivity contribution is -0.138. The van der Waals surface area contributed by atoms with Gasteiger partial charge in [0.1, 0.15) is 5.75 Å². The second-order valence-electron chi connectivity index (χ2n) is 3.49. The van der Waals surface area contributed by atoms with Gasteiger partial charge in [0.2, 0.25) is 0 Å². The van der Waals surface area contributed by atoms with Crippen LogP contribution in [0.3, 0.4) is 0 Å². The van der Waals surface area contributed by atoms with Crippen LogP contribution in [0.4, 0.5) is 13.2 Å². The fourth-order valence-corrected chi connectivity index (χ4v) is 1.79. The van der Waals surface area contributed by atoms with E-state index in [9.17, 15) is 13.2 Å². The predicted molar refractivity (Wildman–Crippen MR) is 62.8 cm³/mol. The molecule has 0 saturated heterocycles. The van der Waals surface area contributed by atoms with Crippen molar-refractivity contribution >= 4 is 15.9 Å². The van der Waals surface area contributed by atoms with Crippen LogP contribution in [0, 0.1) is 0 Å². The number of rotatable bonds is 2. The minimum Gasteiger partial charge on any atom is -0.496 e. The van der Waals surface area contributed by atoms with E-state index in [1.54, 1.807) is 6.20 Å². The van der Waals surface area contributed by atoms with Gasteiger partial charge < -0.3 is 4.74 Å². The second-order valence-corrected chi connectivity index (χ2v) is 4.40. The highest BCUT2D eigenvalue weighted by Gasteiger charge is 2.34. The average molecular weight is 321 g/mol.